The summed E-state index contributed by atoms with van der Waals surface area (Å²) in [5, 5.41) is 0.185. The van der Waals surface area contributed by atoms with Gasteiger partial charge >= 0.3 is 0 Å². The van der Waals surface area contributed by atoms with E-state index < -0.39 is 0 Å². The largest absolute Gasteiger partial charge is 0.367 e. The molecule has 0 fully saturated rings. The summed E-state index contributed by atoms with van der Waals surface area (Å²) < 4.78 is 13.8. The van der Waals surface area contributed by atoms with E-state index in [1.54, 1.807) is 6.07 Å². The molecular formula is C11H14ClFN2. The number of rotatable bonds is 2. The number of nitrogens with zero attached hydrogens (tertiary/aromatic N) is 1. The van der Waals surface area contributed by atoms with E-state index in [4.69, 9.17) is 17.3 Å². The summed E-state index contributed by atoms with van der Waals surface area (Å²) in [6, 6.07) is 3.54. The minimum Gasteiger partial charge on any atom is -0.367 e. The lowest BCUT2D eigenvalue weighted by molar-refractivity contribution is 0.615. The Hall–Kier alpha value is -0.800. The van der Waals surface area contributed by atoms with Gasteiger partial charge in [-0.2, -0.15) is 0 Å². The van der Waals surface area contributed by atoms with Crippen molar-refractivity contribution in [3.05, 3.63) is 28.5 Å². The minimum atomic E-state index is -0.313. The van der Waals surface area contributed by atoms with Crippen LogP contribution in [0.25, 0.3) is 0 Å². The molecule has 1 aliphatic rings. The molecule has 0 spiro atoms. The summed E-state index contributed by atoms with van der Waals surface area (Å²) in [6.45, 7) is 3.42. The number of hydrogen-bond donors (Lipinski definition) is 1. The van der Waals surface area contributed by atoms with E-state index in [0.717, 1.165) is 18.5 Å². The van der Waals surface area contributed by atoms with Crippen molar-refractivity contribution < 1.29 is 4.39 Å². The van der Waals surface area contributed by atoms with Gasteiger partial charge in [-0.3, -0.25) is 0 Å². The quantitative estimate of drug-likeness (QED) is 0.841. The molecule has 15 heavy (non-hydrogen) atoms. The third kappa shape index (κ3) is 1.94. The molecule has 1 aliphatic heterocycles. The van der Waals surface area contributed by atoms with Gasteiger partial charge in [0.1, 0.15) is 0 Å². The third-order valence-corrected chi connectivity index (χ3v) is 2.92. The molecule has 1 heterocycles. The first-order valence-corrected chi connectivity index (χ1v) is 5.45. The van der Waals surface area contributed by atoms with Gasteiger partial charge in [0.2, 0.25) is 0 Å². The van der Waals surface area contributed by atoms with Crippen LogP contribution >= 0.6 is 11.6 Å². The predicted octanol–water partition coefficient (Wildman–Crippen LogP) is 2.19. The molecule has 82 valence electrons. The van der Waals surface area contributed by atoms with Crippen molar-refractivity contribution in [2.75, 3.05) is 18.0 Å². The molecule has 1 atom stereocenters. The second-order valence-electron chi connectivity index (χ2n) is 4.04. The number of fused-ring (bicyclic) bond motifs is 1. The maximum absolute atomic E-state index is 13.8. The lowest BCUT2D eigenvalue weighted by Crippen LogP contribution is -2.34. The molecule has 0 amide bonds. The van der Waals surface area contributed by atoms with E-state index >= 15 is 0 Å². The van der Waals surface area contributed by atoms with Crippen molar-refractivity contribution in [2.24, 2.45) is 5.73 Å². The molecule has 2 nitrogen and oxygen atoms in total. The van der Waals surface area contributed by atoms with Crippen molar-refractivity contribution in [2.45, 2.75) is 19.4 Å². The van der Waals surface area contributed by atoms with Crippen LogP contribution in [0.4, 0.5) is 10.1 Å². The van der Waals surface area contributed by atoms with Crippen molar-refractivity contribution in [1.29, 1.82) is 0 Å². The van der Waals surface area contributed by atoms with Crippen LogP contribution in [-0.2, 0) is 6.42 Å². The van der Waals surface area contributed by atoms with Gasteiger partial charge in [0, 0.05) is 19.1 Å². The zero-order valence-electron chi connectivity index (χ0n) is 8.63. The molecule has 0 saturated heterocycles. The molecule has 0 saturated carbocycles. The summed E-state index contributed by atoms with van der Waals surface area (Å²) in [5.41, 5.74) is 7.38. The highest BCUT2D eigenvalue weighted by atomic mass is 35.5. The Balaban J connectivity index is 2.36. The van der Waals surface area contributed by atoms with Crippen LogP contribution in [-0.4, -0.2) is 19.1 Å². The summed E-state index contributed by atoms with van der Waals surface area (Å²) in [5.74, 6) is -0.313. The molecule has 1 aromatic rings. The topological polar surface area (TPSA) is 29.3 Å². The zero-order chi connectivity index (χ0) is 11.0. The monoisotopic (exact) mass is 228 g/mol. The average molecular weight is 229 g/mol. The van der Waals surface area contributed by atoms with Gasteiger partial charge in [0.25, 0.3) is 0 Å². The molecule has 1 aromatic carbocycles. The standard InChI is InChI=1S/C11H14ClFN2/c1-7(14)6-15-5-4-8-2-3-9(12)10(13)11(8)15/h2-3,7H,4-6,14H2,1H3/t7-/m0/s1. The van der Waals surface area contributed by atoms with Gasteiger partial charge in [-0.15, -0.1) is 0 Å². The van der Waals surface area contributed by atoms with E-state index in [1.807, 2.05) is 17.9 Å². The van der Waals surface area contributed by atoms with Crippen LogP contribution in [0.1, 0.15) is 12.5 Å². The smallest absolute Gasteiger partial charge is 0.165 e. The van der Waals surface area contributed by atoms with E-state index in [-0.39, 0.29) is 16.9 Å². The lowest BCUT2D eigenvalue weighted by atomic mass is 10.1. The maximum atomic E-state index is 13.8. The summed E-state index contributed by atoms with van der Waals surface area (Å²) in [7, 11) is 0. The van der Waals surface area contributed by atoms with Crippen LogP contribution < -0.4 is 10.6 Å². The lowest BCUT2D eigenvalue weighted by Gasteiger charge is -2.22. The first-order chi connectivity index (χ1) is 7.09. The van der Waals surface area contributed by atoms with Gasteiger partial charge in [-0.05, 0) is 25.0 Å². The van der Waals surface area contributed by atoms with Crippen LogP contribution in [0, 0.1) is 5.82 Å². The third-order valence-electron chi connectivity index (χ3n) is 2.63. The fourth-order valence-electron chi connectivity index (χ4n) is 2.02. The molecule has 2 N–H and O–H groups in total. The molecule has 0 radical (unpaired) electrons. The fourth-order valence-corrected chi connectivity index (χ4v) is 2.17. The summed E-state index contributed by atoms with van der Waals surface area (Å²) >= 11 is 5.76. The SMILES string of the molecule is C[C@H](N)CN1CCc2ccc(Cl)c(F)c21. The normalized spacial score (nSPS) is 16.7. The fraction of sp³-hybridized carbons (Fsp3) is 0.455. The second-order valence-corrected chi connectivity index (χ2v) is 4.45. The highest BCUT2D eigenvalue weighted by Crippen LogP contribution is 2.34. The Morgan fingerprint density at radius 1 is 1.60 bits per heavy atom. The van der Waals surface area contributed by atoms with Gasteiger partial charge < -0.3 is 10.6 Å². The van der Waals surface area contributed by atoms with Crippen LogP contribution in [0.3, 0.4) is 0 Å². The predicted molar refractivity (Wildman–Crippen MR) is 61.0 cm³/mol. The molecular weight excluding hydrogens is 215 g/mol. The van der Waals surface area contributed by atoms with Crippen molar-refractivity contribution in [3.8, 4) is 0 Å². The number of benzene rings is 1. The second kappa shape index (κ2) is 3.99. The number of nitrogens with two attached hydrogens (primary N) is 1. The van der Waals surface area contributed by atoms with Crippen LogP contribution in [0.15, 0.2) is 12.1 Å². The number of hydrogen-bond acceptors (Lipinski definition) is 2. The molecule has 2 rings (SSSR count). The molecule has 0 bridgehead atoms. The first-order valence-electron chi connectivity index (χ1n) is 5.07. The van der Waals surface area contributed by atoms with Gasteiger partial charge in [-0.1, -0.05) is 17.7 Å². The number of anilines is 1. The Bertz CT molecular complexity index is 379. The van der Waals surface area contributed by atoms with Gasteiger partial charge in [0.05, 0.1) is 10.7 Å². The minimum absolute atomic E-state index is 0.0364. The molecule has 0 aromatic heterocycles. The first kappa shape index (κ1) is 10.7. The van der Waals surface area contributed by atoms with Crippen molar-refractivity contribution in [3.63, 3.8) is 0 Å². The Morgan fingerprint density at radius 3 is 3.00 bits per heavy atom. The summed E-state index contributed by atoms with van der Waals surface area (Å²) in [6.07, 6.45) is 0.871. The Morgan fingerprint density at radius 2 is 2.33 bits per heavy atom. The van der Waals surface area contributed by atoms with Crippen LogP contribution in [0.2, 0.25) is 5.02 Å². The van der Waals surface area contributed by atoms with E-state index in [1.165, 1.54) is 0 Å². The van der Waals surface area contributed by atoms with Crippen molar-refractivity contribution in [1.82, 2.24) is 0 Å². The molecule has 4 heteroatoms. The van der Waals surface area contributed by atoms with E-state index in [2.05, 4.69) is 0 Å². The molecule has 0 aliphatic carbocycles. The maximum Gasteiger partial charge on any atom is 0.165 e. The average Bonchev–Trinajstić information content (AvgIpc) is 2.55. The Kier molecular flexibility index (Phi) is 2.85. The zero-order valence-corrected chi connectivity index (χ0v) is 9.39. The van der Waals surface area contributed by atoms with Crippen molar-refractivity contribution >= 4 is 17.3 Å². The number of halogens is 2. The van der Waals surface area contributed by atoms with E-state index in [9.17, 15) is 4.39 Å². The van der Waals surface area contributed by atoms with Gasteiger partial charge in [0.15, 0.2) is 5.82 Å². The van der Waals surface area contributed by atoms with Crippen LogP contribution in [0.5, 0.6) is 0 Å². The Labute approximate surface area is 93.8 Å². The van der Waals surface area contributed by atoms with Gasteiger partial charge in [-0.25, -0.2) is 4.39 Å². The highest BCUT2D eigenvalue weighted by molar-refractivity contribution is 6.31. The highest BCUT2D eigenvalue weighted by Gasteiger charge is 2.24. The molecule has 0 unspecified atom stereocenters. The van der Waals surface area contributed by atoms with E-state index in [0.29, 0.717) is 12.2 Å². The summed E-state index contributed by atoms with van der Waals surface area (Å²) in [4.78, 5) is 1.97.